The van der Waals surface area contributed by atoms with Crippen LogP contribution in [0.15, 0.2) is 12.3 Å². The Balaban J connectivity index is -0.0000000808. The average Bonchev–Trinajstić information content (AvgIpc) is 3.28. The van der Waals surface area contributed by atoms with Gasteiger partial charge < -0.3 is 85.4 Å². The highest BCUT2D eigenvalue weighted by Crippen LogP contribution is 2.15. The lowest BCUT2D eigenvalue weighted by Crippen LogP contribution is -2.42. The number of primary amides is 2. The zero-order chi connectivity index (χ0) is 70.2. The Morgan fingerprint density at radius 2 is 0.884 bits per heavy atom. The normalized spacial score (nSPS) is 11.4. The first-order valence-electron chi connectivity index (χ1n) is 30.1. The van der Waals surface area contributed by atoms with Gasteiger partial charge in [0.05, 0.1) is 99.3 Å². The van der Waals surface area contributed by atoms with Crippen LogP contribution in [-0.2, 0) is 61.8 Å². The number of hydrogen-bond donors (Lipinski definition) is 8. The molecule has 0 saturated carbocycles. The van der Waals surface area contributed by atoms with Crippen molar-refractivity contribution < 1.29 is 87.3 Å². The summed E-state index contributed by atoms with van der Waals surface area (Å²) in [6.07, 6.45) is 2.50. The molecule has 86 heavy (non-hydrogen) atoms. The number of carbonyl (C=O) groups is 4. The number of aliphatic hydroxyl groups is 3. The lowest BCUT2D eigenvalue weighted by atomic mass is 9.95. The molecule has 11 N–H and O–H groups in total. The van der Waals surface area contributed by atoms with E-state index in [-0.39, 0.29) is 57.8 Å². The number of aliphatic carboxylic acids is 2. The second-order valence-electron chi connectivity index (χ2n) is 25.7. The highest BCUT2D eigenvalue weighted by molar-refractivity contribution is 5.82. The van der Waals surface area contributed by atoms with Gasteiger partial charge in [0.2, 0.25) is 11.8 Å². The van der Waals surface area contributed by atoms with Crippen LogP contribution < -0.4 is 17.2 Å². The van der Waals surface area contributed by atoms with Gasteiger partial charge in [-0.15, -0.1) is 0 Å². The molecule has 528 valence electrons. The molecule has 0 aromatic heterocycles. The standard InChI is InChI=1S/C9H18O.C8H18O.C7H15NO2.C7H14O3.2C6H14O2.C6H14O.C5H11NO2.C5H13NO.C5H10O3.CH4/c1-7(2)6-9(5)10-8(3)4;1-7(2)9-6-8(3,4)5;2*1-5(2)10-7(3,4)6(8)9;1-6(2)8-5-4-7-3;1-5(2)3-6(8)4-7;1-5(2)6(3,4)7;1-4(2)8-3-5(6)7;1-5(2)7-4-3-6;1-4(2)8-3-5(6)7;/h7-8H,5-6H2,1-4H3;7H,6H2,1-5H3;5H,1-4H3,(H2,8,9);5H,1-4H3,(H,8,9);6H,4-5H2,1-3H3;5-8H,3-4H2,1-2H3;5,7H,1-4H3;4H,3H2,1-2H3,(H2,6,7);5H,3-4,6H2,1-2H3;4H,3H2,1-2H3,(H,6,7);1H4. The molecule has 0 spiro atoms. The first-order valence-corrected chi connectivity index (χ1v) is 30.1. The molecule has 1 unspecified atom stereocenters. The molecule has 0 aliphatic carbocycles. The lowest BCUT2D eigenvalue weighted by molar-refractivity contribution is -0.165. The maximum atomic E-state index is 10.7. The van der Waals surface area contributed by atoms with Crippen molar-refractivity contribution >= 4 is 23.8 Å². The third-order valence-corrected chi connectivity index (χ3v) is 8.83. The number of carbonyl (C=O) groups excluding carboxylic acids is 2. The number of amides is 2. The molecular formula is C65H145N3O18. The fourth-order valence-corrected chi connectivity index (χ4v) is 4.32. The maximum absolute atomic E-state index is 10.7. The van der Waals surface area contributed by atoms with Crippen LogP contribution in [0, 0.1) is 23.2 Å². The summed E-state index contributed by atoms with van der Waals surface area (Å²) in [5.74, 6) is -0.319. The quantitative estimate of drug-likeness (QED) is 0.0255. The van der Waals surface area contributed by atoms with E-state index in [0.29, 0.717) is 74.3 Å². The summed E-state index contributed by atoms with van der Waals surface area (Å²) in [6, 6.07) is 0. The Kier molecular flexibility index (Phi) is 81.2. The third-order valence-electron chi connectivity index (χ3n) is 8.83. The fourth-order valence-electron chi connectivity index (χ4n) is 4.32. The summed E-state index contributed by atoms with van der Waals surface area (Å²) in [5, 5.41) is 42.8. The van der Waals surface area contributed by atoms with Crippen molar-refractivity contribution in [3.8, 4) is 0 Å². The minimum absolute atomic E-state index is 0. The van der Waals surface area contributed by atoms with Gasteiger partial charge in [-0.2, -0.15) is 0 Å². The van der Waals surface area contributed by atoms with E-state index in [4.69, 9.17) is 85.4 Å². The Morgan fingerprint density at radius 1 is 0.523 bits per heavy atom. The van der Waals surface area contributed by atoms with Gasteiger partial charge in [0.15, 0.2) is 5.60 Å². The summed E-state index contributed by atoms with van der Waals surface area (Å²) in [6.45, 7) is 66.8. The van der Waals surface area contributed by atoms with Crippen LogP contribution in [0.1, 0.15) is 235 Å². The zero-order valence-corrected chi connectivity index (χ0v) is 60.5. The maximum Gasteiger partial charge on any atom is 0.335 e. The van der Waals surface area contributed by atoms with Crippen molar-refractivity contribution in [1.29, 1.82) is 0 Å². The van der Waals surface area contributed by atoms with E-state index in [2.05, 4.69) is 55.0 Å². The molecule has 0 aliphatic rings. The van der Waals surface area contributed by atoms with Gasteiger partial charge in [-0.25, -0.2) is 9.59 Å². The fraction of sp³-hybridized carbons (Fsp3) is 0.908. The number of allylic oxidation sites excluding steroid dienone is 1. The molecule has 0 fully saturated rings. The first-order chi connectivity index (χ1) is 38.1. The molecule has 21 heteroatoms. The first kappa shape index (κ1) is 108. The number of carboxylic acids is 2. The average molecular weight is 1260 g/mol. The SMILES string of the molecule is C.C=C(CC(C)C)OC(C)C.CC(C)C(C)(C)O.CC(C)CC(O)CO.CC(C)OC(C)(C)C(=O)O.CC(C)OC(C)(C)C(N)=O.CC(C)OCC(=O)O.CC(C)OCC(C)(C)C.CC(C)OCC(N)=O.CC(C)OCCN.COCCOC(C)C. The Morgan fingerprint density at radius 3 is 1.03 bits per heavy atom. The highest BCUT2D eigenvalue weighted by Gasteiger charge is 2.29. The second-order valence-corrected chi connectivity index (χ2v) is 25.7. The molecule has 0 saturated heterocycles. The molecule has 0 radical (unpaired) electrons. The van der Waals surface area contributed by atoms with Gasteiger partial charge in [0, 0.05) is 20.1 Å². The van der Waals surface area contributed by atoms with E-state index in [1.807, 2.05) is 125 Å². The van der Waals surface area contributed by atoms with Crippen molar-refractivity contribution in [2.45, 2.75) is 307 Å². The summed E-state index contributed by atoms with van der Waals surface area (Å²) < 4.78 is 45.6. The molecule has 21 nitrogen and oxygen atoms in total. The van der Waals surface area contributed by atoms with E-state index in [9.17, 15) is 19.2 Å². The van der Waals surface area contributed by atoms with Crippen LogP contribution in [0.2, 0.25) is 0 Å². The number of methoxy groups -OCH3 is 1. The van der Waals surface area contributed by atoms with Gasteiger partial charge in [-0.05, 0) is 182 Å². The molecule has 0 rings (SSSR count). The van der Waals surface area contributed by atoms with Crippen molar-refractivity contribution in [2.24, 2.45) is 40.4 Å². The van der Waals surface area contributed by atoms with E-state index in [0.717, 1.165) is 18.8 Å². The number of rotatable bonds is 29. The van der Waals surface area contributed by atoms with Crippen LogP contribution in [0.4, 0.5) is 0 Å². The van der Waals surface area contributed by atoms with Crippen LogP contribution in [0.3, 0.4) is 0 Å². The Labute approximate surface area is 528 Å². The van der Waals surface area contributed by atoms with Crippen LogP contribution in [0.5, 0.6) is 0 Å². The topological polar surface area (TPSA) is 331 Å². The van der Waals surface area contributed by atoms with Gasteiger partial charge >= 0.3 is 11.9 Å². The van der Waals surface area contributed by atoms with Crippen LogP contribution >= 0.6 is 0 Å². The summed E-state index contributed by atoms with van der Waals surface area (Å²) in [5.41, 5.74) is 12.9. The van der Waals surface area contributed by atoms with Crippen LogP contribution in [-0.4, -0.2) is 181 Å². The van der Waals surface area contributed by atoms with E-state index < -0.39 is 46.7 Å². The third kappa shape index (κ3) is 127. The van der Waals surface area contributed by atoms with Gasteiger partial charge in [-0.3, -0.25) is 9.59 Å². The largest absolute Gasteiger partial charge is 0.496 e. The van der Waals surface area contributed by atoms with E-state index in [1.165, 1.54) is 13.8 Å². The smallest absolute Gasteiger partial charge is 0.335 e. The van der Waals surface area contributed by atoms with Gasteiger partial charge in [0.25, 0.3) is 0 Å². The predicted octanol–water partition coefficient (Wildman–Crippen LogP) is 11.6. The molecular weight excluding hydrogens is 1110 g/mol. The molecule has 0 aromatic carbocycles. The minimum atomic E-state index is -1.06. The monoisotopic (exact) mass is 1260 g/mol. The van der Waals surface area contributed by atoms with Crippen molar-refractivity contribution in [3.63, 3.8) is 0 Å². The summed E-state index contributed by atoms with van der Waals surface area (Å²) >= 11 is 0. The highest BCUT2D eigenvalue weighted by atomic mass is 16.5. The van der Waals surface area contributed by atoms with Gasteiger partial charge in [-0.1, -0.05) is 76.3 Å². The molecule has 2 amide bonds. The van der Waals surface area contributed by atoms with Crippen molar-refractivity contribution in [1.82, 2.24) is 0 Å². The van der Waals surface area contributed by atoms with Gasteiger partial charge in [0.1, 0.15) is 18.8 Å². The number of nitrogens with two attached hydrogens (primary N) is 3. The predicted molar refractivity (Wildman–Crippen MR) is 355 cm³/mol. The number of ether oxygens (including phenoxy) is 9. The lowest BCUT2D eigenvalue weighted by Gasteiger charge is -2.23. The van der Waals surface area contributed by atoms with Crippen LogP contribution in [0.25, 0.3) is 0 Å². The summed E-state index contributed by atoms with van der Waals surface area (Å²) in [4.78, 5) is 40.9. The number of aliphatic hydroxyl groups excluding tert-OH is 2. The Hall–Kier alpha value is -3.06. The molecule has 0 bridgehead atoms. The second kappa shape index (κ2) is 64.9. The van der Waals surface area contributed by atoms with E-state index >= 15 is 0 Å². The molecule has 0 heterocycles. The Bertz CT molecular complexity index is 1420. The van der Waals surface area contributed by atoms with Crippen molar-refractivity contribution in [2.75, 3.05) is 59.9 Å². The summed E-state index contributed by atoms with van der Waals surface area (Å²) in [7, 11) is 1.67. The minimum Gasteiger partial charge on any atom is -0.496 e. The molecule has 0 aliphatic heterocycles. The van der Waals surface area contributed by atoms with Crippen molar-refractivity contribution in [3.05, 3.63) is 12.3 Å². The number of carboxylic acid groups (broad SMARTS) is 2. The molecule has 1 atom stereocenters. The van der Waals surface area contributed by atoms with E-state index in [1.54, 1.807) is 34.8 Å². The number of hydrogen-bond acceptors (Lipinski definition) is 17. The zero-order valence-electron chi connectivity index (χ0n) is 60.5. The molecule has 0 aromatic rings.